The summed E-state index contributed by atoms with van der Waals surface area (Å²) in [6.07, 6.45) is 0.225. The normalized spacial score (nSPS) is 16.2. The van der Waals surface area contributed by atoms with Crippen LogP contribution in [0, 0.1) is 5.92 Å². The molecule has 1 unspecified atom stereocenters. The number of hydrogen-bond donors (Lipinski definition) is 3. The van der Waals surface area contributed by atoms with Gasteiger partial charge in [-0.25, -0.2) is 9.59 Å². The Morgan fingerprint density at radius 3 is 2.59 bits per heavy atom. The topological polar surface area (TPSA) is 125 Å². The van der Waals surface area contributed by atoms with E-state index >= 15 is 0 Å². The van der Waals surface area contributed by atoms with Gasteiger partial charge in [0.1, 0.15) is 12.3 Å². The highest BCUT2D eigenvalue weighted by atomic mass is 35.5. The maximum absolute atomic E-state index is 13.1. The van der Waals surface area contributed by atoms with Crippen molar-refractivity contribution in [1.82, 2.24) is 15.5 Å². The molecule has 0 aromatic heterocycles. The molecule has 1 aliphatic rings. The number of carbonyl (C=O) groups is 4. The van der Waals surface area contributed by atoms with E-state index < -0.39 is 36.3 Å². The number of imide groups is 1. The number of rotatable bonds is 6. The van der Waals surface area contributed by atoms with Crippen molar-refractivity contribution < 1.29 is 29.0 Å². The summed E-state index contributed by atoms with van der Waals surface area (Å²) in [6, 6.07) is 10.3. The summed E-state index contributed by atoms with van der Waals surface area (Å²) in [6.45, 7) is -0.253. The third-order valence-corrected chi connectivity index (χ3v) is 5.30. The Balaban J connectivity index is 1.71. The van der Waals surface area contributed by atoms with E-state index in [0.717, 1.165) is 4.90 Å². The lowest BCUT2D eigenvalue weighted by atomic mass is 9.97. The van der Waals surface area contributed by atoms with Crippen LogP contribution in [0.3, 0.4) is 0 Å². The number of halogens is 1. The molecule has 9 nitrogen and oxygen atoms in total. The lowest BCUT2D eigenvalue weighted by molar-refractivity contribution is -0.133. The van der Waals surface area contributed by atoms with Crippen LogP contribution < -0.4 is 15.4 Å². The lowest BCUT2D eigenvalue weighted by Crippen LogP contribution is -2.47. The van der Waals surface area contributed by atoms with E-state index in [1.807, 2.05) is 0 Å². The predicted octanol–water partition coefficient (Wildman–Crippen LogP) is 2.07. The minimum absolute atomic E-state index is 0.0664. The van der Waals surface area contributed by atoms with Crippen LogP contribution in [0.2, 0.25) is 5.02 Å². The van der Waals surface area contributed by atoms with Crippen molar-refractivity contribution in [1.29, 1.82) is 0 Å². The Kier molecular flexibility index (Phi) is 7.32. The molecule has 0 saturated carbocycles. The number of amides is 4. The van der Waals surface area contributed by atoms with Gasteiger partial charge in [-0.2, -0.15) is 0 Å². The van der Waals surface area contributed by atoms with Gasteiger partial charge in [-0.15, -0.1) is 0 Å². The van der Waals surface area contributed by atoms with E-state index in [1.165, 1.54) is 19.2 Å². The highest BCUT2D eigenvalue weighted by Gasteiger charge is 2.34. The molecule has 2 aromatic rings. The van der Waals surface area contributed by atoms with E-state index in [9.17, 15) is 19.2 Å². The van der Waals surface area contributed by atoms with Crippen LogP contribution in [-0.4, -0.2) is 54.0 Å². The second-order valence-electron chi connectivity index (χ2n) is 7.25. The van der Waals surface area contributed by atoms with E-state index in [4.69, 9.17) is 21.4 Å². The smallest absolute Gasteiger partial charge is 0.335 e. The minimum atomic E-state index is -1.05. The third kappa shape index (κ3) is 5.55. The summed E-state index contributed by atoms with van der Waals surface area (Å²) in [5, 5.41) is 14.7. The van der Waals surface area contributed by atoms with Crippen molar-refractivity contribution in [2.24, 2.45) is 5.92 Å². The largest absolute Gasteiger partial charge is 0.496 e. The number of methoxy groups -OCH3 is 1. The first-order chi connectivity index (χ1) is 15.3. The molecule has 0 radical (unpaired) electrons. The Labute approximate surface area is 189 Å². The molecule has 10 heteroatoms. The maximum atomic E-state index is 13.1. The van der Waals surface area contributed by atoms with Crippen molar-refractivity contribution in [2.45, 2.75) is 13.0 Å². The summed E-state index contributed by atoms with van der Waals surface area (Å²) in [5.74, 6) is -2.12. The van der Waals surface area contributed by atoms with Gasteiger partial charge in [-0.3, -0.25) is 14.5 Å². The predicted molar refractivity (Wildman–Crippen MR) is 116 cm³/mol. The van der Waals surface area contributed by atoms with Crippen LogP contribution in [-0.2, 0) is 22.6 Å². The van der Waals surface area contributed by atoms with Crippen molar-refractivity contribution in [3.8, 4) is 5.75 Å². The number of nitrogens with zero attached hydrogens (tertiary/aromatic N) is 1. The first-order valence-corrected chi connectivity index (χ1v) is 10.2. The van der Waals surface area contributed by atoms with Crippen LogP contribution in [0.25, 0.3) is 0 Å². The fourth-order valence-corrected chi connectivity index (χ4v) is 3.56. The molecule has 1 atom stereocenters. The minimum Gasteiger partial charge on any atom is -0.496 e. The van der Waals surface area contributed by atoms with Crippen molar-refractivity contribution in [3.05, 3.63) is 64.2 Å². The van der Waals surface area contributed by atoms with Gasteiger partial charge in [-0.1, -0.05) is 23.7 Å². The number of benzene rings is 2. The Morgan fingerprint density at radius 1 is 1.22 bits per heavy atom. The molecule has 3 rings (SSSR count). The lowest BCUT2D eigenvalue weighted by Gasteiger charge is -2.22. The van der Waals surface area contributed by atoms with Gasteiger partial charge in [0.15, 0.2) is 0 Å². The Hall–Kier alpha value is -3.59. The SMILES string of the molecule is COc1ccc(Cl)cc1CC1CNC(=O)CN(C(=O)NCc2ccc(C(=O)O)cc2)C1=O. The zero-order chi connectivity index (χ0) is 23.3. The monoisotopic (exact) mass is 459 g/mol. The summed E-state index contributed by atoms with van der Waals surface area (Å²) in [5.41, 5.74) is 1.46. The summed E-state index contributed by atoms with van der Waals surface area (Å²) >= 11 is 6.07. The van der Waals surface area contributed by atoms with Gasteiger partial charge in [0.05, 0.1) is 18.6 Å². The molecule has 0 spiro atoms. The molecule has 2 aromatic carbocycles. The second kappa shape index (κ2) is 10.1. The van der Waals surface area contributed by atoms with Gasteiger partial charge in [0.2, 0.25) is 11.8 Å². The molecule has 1 saturated heterocycles. The highest BCUT2D eigenvalue weighted by molar-refractivity contribution is 6.30. The third-order valence-electron chi connectivity index (χ3n) is 5.06. The Morgan fingerprint density at radius 2 is 1.94 bits per heavy atom. The number of hydrogen-bond acceptors (Lipinski definition) is 5. The average molecular weight is 460 g/mol. The maximum Gasteiger partial charge on any atom is 0.335 e. The first kappa shape index (κ1) is 23.1. The molecular weight excluding hydrogens is 438 g/mol. The zero-order valence-electron chi connectivity index (χ0n) is 17.3. The number of urea groups is 1. The van der Waals surface area contributed by atoms with Crippen LogP contribution in [0.1, 0.15) is 21.5 Å². The van der Waals surface area contributed by atoms with Gasteiger partial charge >= 0.3 is 12.0 Å². The number of ether oxygens (including phenoxy) is 1. The average Bonchev–Trinajstić information content (AvgIpc) is 2.91. The van der Waals surface area contributed by atoms with Crippen molar-refractivity contribution in [2.75, 3.05) is 20.2 Å². The molecule has 32 heavy (non-hydrogen) atoms. The van der Waals surface area contributed by atoms with Gasteiger partial charge in [0.25, 0.3) is 0 Å². The first-order valence-electron chi connectivity index (χ1n) is 9.79. The second-order valence-corrected chi connectivity index (χ2v) is 7.68. The van der Waals surface area contributed by atoms with Gasteiger partial charge < -0.3 is 20.5 Å². The molecule has 1 heterocycles. The zero-order valence-corrected chi connectivity index (χ0v) is 18.0. The van der Waals surface area contributed by atoms with Crippen molar-refractivity contribution >= 4 is 35.4 Å². The number of aromatic carboxylic acids is 1. The number of carboxylic acids is 1. The highest BCUT2D eigenvalue weighted by Crippen LogP contribution is 2.26. The van der Waals surface area contributed by atoms with Gasteiger partial charge in [0, 0.05) is 18.1 Å². The summed E-state index contributed by atoms with van der Waals surface area (Å²) in [7, 11) is 1.51. The molecule has 4 amide bonds. The van der Waals surface area contributed by atoms with E-state index in [-0.39, 0.29) is 25.1 Å². The number of carboxylic acid groups (broad SMARTS) is 1. The number of nitrogens with one attached hydrogen (secondary N) is 2. The van der Waals surface area contributed by atoms with Crippen LogP contribution >= 0.6 is 11.6 Å². The van der Waals surface area contributed by atoms with E-state index in [2.05, 4.69) is 10.6 Å². The molecule has 0 aliphatic carbocycles. The van der Waals surface area contributed by atoms with Crippen LogP contribution in [0.5, 0.6) is 5.75 Å². The fraction of sp³-hybridized carbons (Fsp3) is 0.273. The molecular formula is C22H22ClN3O6. The summed E-state index contributed by atoms with van der Waals surface area (Å²) in [4.78, 5) is 49.7. The van der Waals surface area contributed by atoms with E-state index in [0.29, 0.717) is 21.9 Å². The Bertz CT molecular complexity index is 1040. The van der Waals surface area contributed by atoms with Crippen LogP contribution in [0.4, 0.5) is 4.79 Å². The molecule has 1 fully saturated rings. The van der Waals surface area contributed by atoms with Gasteiger partial charge in [-0.05, 0) is 47.9 Å². The van der Waals surface area contributed by atoms with E-state index in [1.54, 1.807) is 30.3 Å². The standard InChI is InChI=1S/C22H22ClN3O6/c1-32-18-7-6-17(23)9-15(18)8-16-11-24-19(27)12-26(20(16)28)22(31)25-10-13-2-4-14(5-3-13)21(29)30/h2-7,9,16H,8,10-12H2,1H3,(H,24,27)(H,25,31)(H,29,30). The fourth-order valence-electron chi connectivity index (χ4n) is 3.36. The number of carbonyl (C=O) groups excluding carboxylic acids is 3. The molecule has 3 N–H and O–H groups in total. The van der Waals surface area contributed by atoms with Crippen molar-refractivity contribution in [3.63, 3.8) is 0 Å². The molecule has 1 aliphatic heterocycles. The van der Waals surface area contributed by atoms with Crippen LogP contribution in [0.15, 0.2) is 42.5 Å². The quantitative estimate of drug-likeness (QED) is 0.607. The molecule has 0 bridgehead atoms. The molecule has 168 valence electrons. The summed E-state index contributed by atoms with van der Waals surface area (Å²) < 4.78 is 5.33.